The van der Waals surface area contributed by atoms with Gasteiger partial charge in [0.15, 0.2) is 17.3 Å². The molecule has 0 bridgehead atoms. The van der Waals surface area contributed by atoms with Crippen LogP contribution < -0.4 is 20.3 Å². The first-order chi connectivity index (χ1) is 14.1. The average molecular weight is 395 g/mol. The van der Waals surface area contributed by atoms with Crippen LogP contribution in [0.15, 0.2) is 59.7 Å². The lowest BCUT2D eigenvalue weighted by Crippen LogP contribution is -2.31. The van der Waals surface area contributed by atoms with Gasteiger partial charge in [0, 0.05) is 31.1 Å². The van der Waals surface area contributed by atoms with E-state index in [4.69, 9.17) is 9.47 Å². The lowest BCUT2D eigenvalue weighted by atomic mass is 10.2. The van der Waals surface area contributed by atoms with Crippen LogP contribution in [0.25, 0.3) is 11.9 Å². The van der Waals surface area contributed by atoms with Crippen molar-refractivity contribution in [1.82, 2.24) is 24.9 Å². The van der Waals surface area contributed by atoms with Gasteiger partial charge in [0.2, 0.25) is 5.91 Å². The molecule has 0 radical (unpaired) electrons. The molecule has 1 aromatic carbocycles. The Morgan fingerprint density at radius 3 is 2.72 bits per heavy atom. The van der Waals surface area contributed by atoms with Crippen molar-refractivity contribution >= 4 is 12.0 Å². The van der Waals surface area contributed by atoms with Gasteiger partial charge in [0.25, 0.3) is 5.56 Å². The van der Waals surface area contributed by atoms with Crippen LogP contribution in [-0.2, 0) is 11.3 Å². The minimum absolute atomic E-state index is 0.240. The second-order valence-corrected chi connectivity index (χ2v) is 5.94. The van der Waals surface area contributed by atoms with Gasteiger partial charge in [-0.15, -0.1) is 5.10 Å². The first-order valence-corrected chi connectivity index (χ1v) is 8.87. The lowest BCUT2D eigenvalue weighted by molar-refractivity contribution is -0.116. The van der Waals surface area contributed by atoms with E-state index < -0.39 is 0 Å². The molecule has 1 amide bonds. The highest BCUT2D eigenvalue weighted by molar-refractivity contribution is 5.91. The maximum Gasteiger partial charge on any atom is 0.266 e. The number of rotatable bonds is 8. The van der Waals surface area contributed by atoms with Crippen molar-refractivity contribution in [3.05, 3.63) is 70.8 Å². The Bertz CT molecular complexity index is 1060. The molecular formula is C20H21N5O4. The molecule has 0 unspecified atom stereocenters. The first-order valence-electron chi connectivity index (χ1n) is 8.87. The Labute approximate surface area is 167 Å². The third-order valence-electron chi connectivity index (χ3n) is 4.05. The standard InChI is InChI=1S/C20H21N5O4/c1-28-16-6-4-15(14-17(16)29-2)5-8-19(26)21-11-13-25-20(27)9-7-18(23-25)24-12-3-10-22-24/h3-10,12,14H,11,13H2,1-2H3,(H,21,26)/b8-5+. The molecule has 0 spiro atoms. The molecule has 1 N–H and O–H groups in total. The highest BCUT2D eigenvalue weighted by Crippen LogP contribution is 2.27. The Balaban J connectivity index is 1.57. The first kappa shape index (κ1) is 19.9. The number of aromatic nitrogens is 4. The van der Waals surface area contributed by atoms with E-state index in [1.165, 1.54) is 16.8 Å². The van der Waals surface area contributed by atoms with Crippen molar-refractivity contribution in [2.24, 2.45) is 0 Å². The highest BCUT2D eigenvalue weighted by Gasteiger charge is 2.05. The van der Waals surface area contributed by atoms with Crippen LogP contribution in [0, 0.1) is 0 Å². The molecule has 2 heterocycles. The summed E-state index contributed by atoms with van der Waals surface area (Å²) < 4.78 is 13.3. The zero-order valence-corrected chi connectivity index (χ0v) is 16.1. The largest absolute Gasteiger partial charge is 0.493 e. The monoisotopic (exact) mass is 395 g/mol. The maximum absolute atomic E-state index is 12.0. The molecule has 150 valence electrons. The fourth-order valence-corrected chi connectivity index (χ4v) is 2.60. The summed E-state index contributed by atoms with van der Waals surface area (Å²) in [5.41, 5.74) is 0.540. The third-order valence-corrected chi connectivity index (χ3v) is 4.05. The van der Waals surface area contributed by atoms with Gasteiger partial charge in [-0.2, -0.15) is 5.10 Å². The molecule has 29 heavy (non-hydrogen) atoms. The number of hydrogen-bond donors (Lipinski definition) is 1. The Morgan fingerprint density at radius 2 is 2.00 bits per heavy atom. The Morgan fingerprint density at radius 1 is 1.17 bits per heavy atom. The molecule has 0 aliphatic heterocycles. The number of amides is 1. The topological polar surface area (TPSA) is 100 Å². The number of carbonyl (C=O) groups is 1. The van der Waals surface area contributed by atoms with Gasteiger partial charge in [0.05, 0.1) is 20.8 Å². The summed E-state index contributed by atoms with van der Waals surface area (Å²) in [6, 6.07) is 10.1. The third kappa shape index (κ3) is 5.10. The van der Waals surface area contributed by atoms with Crippen molar-refractivity contribution in [3.8, 4) is 17.3 Å². The fourth-order valence-electron chi connectivity index (χ4n) is 2.60. The fraction of sp³-hybridized carbons (Fsp3) is 0.200. The molecular weight excluding hydrogens is 374 g/mol. The van der Waals surface area contributed by atoms with E-state index in [0.29, 0.717) is 17.3 Å². The summed E-state index contributed by atoms with van der Waals surface area (Å²) in [5, 5.41) is 11.1. The zero-order valence-electron chi connectivity index (χ0n) is 16.1. The van der Waals surface area contributed by atoms with Gasteiger partial charge < -0.3 is 14.8 Å². The van der Waals surface area contributed by atoms with Crippen LogP contribution in [0.1, 0.15) is 5.56 Å². The molecule has 2 aromatic heterocycles. The Kier molecular flexibility index (Phi) is 6.41. The van der Waals surface area contributed by atoms with E-state index in [2.05, 4.69) is 15.5 Å². The maximum atomic E-state index is 12.0. The molecule has 0 aliphatic carbocycles. The van der Waals surface area contributed by atoms with Crippen LogP contribution in [-0.4, -0.2) is 46.2 Å². The predicted molar refractivity (Wildman–Crippen MR) is 107 cm³/mol. The molecule has 0 saturated carbocycles. The average Bonchev–Trinajstić information content (AvgIpc) is 3.28. The predicted octanol–water partition coefficient (Wildman–Crippen LogP) is 1.28. The summed E-state index contributed by atoms with van der Waals surface area (Å²) >= 11 is 0. The quantitative estimate of drug-likeness (QED) is 0.577. The summed E-state index contributed by atoms with van der Waals surface area (Å²) in [5.74, 6) is 1.44. The lowest BCUT2D eigenvalue weighted by Gasteiger charge is -2.08. The number of benzene rings is 1. The van der Waals surface area contributed by atoms with Gasteiger partial charge in [-0.1, -0.05) is 6.07 Å². The van der Waals surface area contributed by atoms with Crippen LogP contribution in [0.2, 0.25) is 0 Å². The van der Waals surface area contributed by atoms with Gasteiger partial charge in [0.1, 0.15) is 0 Å². The smallest absolute Gasteiger partial charge is 0.266 e. The molecule has 9 nitrogen and oxygen atoms in total. The van der Waals surface area contributed by atoms with E-state index in [9.17, 15) is 9.59 Å². The van der Waals surface area contributed by atoms with E-state index >= 15 is 0 Å². The van der Waals surface area contributed by atoms with Crippen molar-refractivity contribution in [2.75, 3.05) is 20.8 Å². The van der Waals surface area contributed by atoms with Crippen LogP contribution in [0.5, 0.6) is 11.5 Å². The van der Waals surface area contributed by atoms with Gasteiger partial charge in [-0.05, 0) is 35.9 Å². The van der Waals surface area contributed by atoms with E-state index in [1.54, 1.807) is 61.6 Å². The van der Waals surface area contributed by atoms with Crippen molar-refractivity contribution in [3.63, 3.8) is 0 Å². The van der Waals surface area contributed by atoms with Crippen molar-refractivity contribution in [2.45, 2.75) is 6.54 Å². The van der Waals surface area contributed by atoms with Crippen LogP contribution >= 0.6 is 0 Å². The van der Waals surface area contributed by atoms with Gasteiger partial charge >= 0.3 is 0 Å². The molecule has 0 fully saturated rings. The minimum atomic E-state index is -0.281. The molecule has 3 rings (SSSR count). The van der Waals surface area contributed by atoms with Crippen molar-refractivity contribution < 1.29 is 14.3 Å². The van der Waals surface area contributed by atoms with Gasteiger partial charge in [-0.3, -0.25) is 9.59 Å². The SMILES string of the molecule is COc1ccc(/C=C/C(=O)NCCn2nc(-n3cccn3)ccc2=O)cc1OC. The second kappa shape index (κ2) is 9.36. The molecule has 0 atom stereocenters. The number of carbonyl (C=O) groups excluding carboxylic acids is 1. The number of nitrogens with zero attached hydrogens (tertiary/aromatic N) is 4. The van der Waals surface area contributed by atoms with Crippen LogP contribution in [0.4, 0.5) is 0 Å². The Hall–Kier alpha value is -3.88. The van der Waals surface area contributed by atoms with E-state index in [0.717, 1.165) is 5.56 Å². The normalized spacial score (nSPS) is 10.8. The second-order valence-electron chi connectivity index (χ2n) is 5.94. The van der Waals surface area contributed by atoms with Crippen LogP contribution in [0.3, 0.4) is 0 Å². The zero-order chi connectivity index (χ0) is 20.6. The van der Waals surface area contributed by atoms with Crippen molar-refractivity contribution in [1.29, 1.82) is 0 Å². The summed E-state index contributed by atoms with van der Waals surface area (Å²) in [7, 11) is 3.11. The molecule has 0 aliphatic rings. The summed E-state index contributed by atoms with van der Waals surface area (Å²) in [6.07, 6.45) is 6.44. The molecule has 0 saturated heterocycles. The van der Waals surface area contributed by atoms with E-state index in [1.807, 2.05) is 6.07 Å². The molecule has 9 heteroatoms. The van der Waals surface area contributed by atoms with E-state index in [-0.39, 0.29) is 24.6 Å². The molecule has 3 aromatic rings. The number of hydrogen-bond acceptors (Lipinski definition) is 6. The number of ether oxygens (including phenoxy) is 2. The minimum Gasteiger partial charge on any atom is -0.493 e. The number of nitrogens with one attached hydrogen (secondary N) is 1. The highest BCUT2D eigenvalue weighted by atomic mass is 16.5. The van der Waals surface area contributed by atoms with Gasteiger partial charge in [-0.25, -0.2) is 9.36 Å². The summed E-state index contributed by atoms with van der Waals surface area (Å²) in [6.45, 7) is 0.494. The summed E-state index contributed by atoms with van der Waals surface area (Å²) in [4.78, 5) is 24.0. The number of methoxy groups -OCH3 is 2.